The second kappa shape index (κ2) is 6.70. The van der Waals surface area contributed by atoms with E-state index in [1.807, 2.05) is 30.3 Å². The number of benzene rings is 1. The Hall–Kier alpha value is -2.14. The highest BCUT2D eigenvalue weighted by Gasteiger charge is 2.05. The second-order valence-corrected chi connectivity index (χ2v) is 3.95. The number of hydrogen-bond acceptors (Lipinski definition) is 4. The minimum Gasteiger partial charge on any atom is -0.444 e. The van der Waals surface area contributed by atoms with Crippen molar-refractivity contribution in [3.63, 3.8) is 0 Å². The van der Waals surface area contributed by atoms with Gasteiger partial charge in [-0.3, -0.25) is 5.32 Å². The normalized spacial score (nSPS) is 9.95. The Morgan fingerprint density at radius 1 is 1.26 bits per heavy atom. The van der Waals surface area contributed by atoms with Crippen LogP contribution in [0.3, 0.4) is 0 Å². The molecule has 0 aliphatic heterocycles. The van der Waals surface area contributed by atoms with Gasteiger partial charge in [-0.1, -0.05) is 30.3 Å². The van der Waals surface area contributed by atoms with Gasteiger partial charge >= 0.3 is 6.09 Å². The highest BCUT2D eigenvalue weighted by molar-refractivity contribution is 6.16. The molecule has 2 rings (SSSR count). The standard InChI is InChI=1S/C13H12ClN3O2/c14-8-12-15-7-6-11(16-12)17-13(18)19-9-10-4-2-1-3-5-10/h1-7H,8-9H2,(H,15,16,17,18). The van der Waals surface area contributed by atoms with Gasteiger partial charge in [0.1, 0.15) is 18.2 Å². The zero-order chi connectivity index (χ0) is 13.5. The lowest BCUT2D eigenvalue weighted by Gasteiger charge is -2.06. The lowest BCUT2D eigenvalue weighted by molar-refractivity contribution is 0.155. The summed E-state index contributed by atoms with van der Waals surface area (Å²) >= 11 is 5.61. The molecule has 98 valence electrons. The van der Waals surface area contributed by atoms with Crippen molar-refractivity contribution in [2.75, 3.05) is 5.32 Å². The van der Waals surface area contributed by atoms with E-state index in [0.717, 1.165) is 5.56 Å². The van der Waals surface area contributed by atoms with Crippen molar-refractivity contribution >= 4 is 23.5 Å². The van der Waals surface area contributed by atoms with Crippen LogP contribution in [0, 0.1) is 0 Å². The summed E-state index contributed by atoms with van der Waals surface area (Å²) in [6.07, 6.45) is 0.959. The molecule has 0 aliphatic rings. The van der Waals surface area contributed by atoms with Crippen molar-refractivity contribution in [2.45, 2.75) is 12.5 Å². The number of amides is 1. The van der Waals surface area contributed by atoms with E-state index in [1.54, 1.807) is 6.07 Å². The summed E-state index contributed by atoms with van der Waals surface area (Å²) < 4.78 is 5.06. The van der Waals surface area contributed by atoms with Gasteiger partial charge in [-0.15, -0.1) is 11.6 Å². The molecule has 5 nitrogen and oxygen atoms in total. The van der Waals surface area contributed by atoms with Gasteiger partial charge in [0.15, 0.2) is 0 Å². The summed E-state index contributed by atoms with van der Waals surface area (Å²) in [4.78, 5) is 19.5. The Morgan fingerprint density at radius 2 is 2.05 bits per heavy atom. The molecule has 1 N–H and O–H groups in total. The summed E-state index contributed by atoms with van der Waals surface area (Å²) in [5.41, 5.74) is 0.918. The molecular weight excluding hydrogens is 266 g/mol. The molecule has 0 unspecified atom stereocenters. The van der Waals surface area contributed by atoms with Gasteiger partial charge in [-0.2, -0.15) is 0 Å². The molecule has 0 saturated carbocycles. The number of rotatable bonds is 4. The molecule has 0 fully saturated rings. The van der Waals surface area contributed by atoms with Crippen LogP contribution in [0.4, 0.5) is 10.6 Å². The molecule has 0 bridgehead atoms. The molecule has 0 spiro atoms. The van der Waals surface area contributed by atoms with Crippen molar-refractivity contribution in [3.8, 4) is 0 Å². The van der Waals surface area contributed by atoms with Crippen LogP contribution in [0.25, 0.3) is 0 Å². The molecule has 1 aromatic heterocycles. The number of nitrogens with zero attached hydrogens (tertiary/aromatic N) is 2. The zero-order valence-electron chi connectivity index (χ0n) is 10.0. The number of alkyl halides is 1. The predicted octanol–water partition coefficient (Wildman–Crippen LogP) is 2.96. The molecule has 0 radical (unpaired) electrons. The van der Waals surface area contributed by atoms with Crippen LogP contribution in [0.5, 0.6) is 0 Å². The van der Waals surface area contributed by atoms with Gasteiger partial charge in [0.2, 0.25) is 0 Å². The molecule has 0 atom stereocenters. The van der Waals surface area contributed by atoms with Crippen LogP contribution < -0.4 is 5.32 Å². The fourth-order valence-corrected chi connectivity index (χ4v) is 1.53. The third-order valence-electron chi connectivity index (χ3n) is 2.27. The Kier molecular flexibility index (Phi) is 4.69. The van der Waals surface area contributed by atoms with Crippen LogP contribution in [0.1, 0.15) is 11.4 Å². The van der Waals surface area contributed by atoms with E-state index in [9.17, 15) is 4.79 Å². The topological polar surface area (TPSA) is 64.1 Å². The van der Waals surface area contributed by atoms with Gasteiger partial charge in [-0.05, 0) is 11.6 Å². The summed E-state index contributed by atoms with van der Waals surface area (Å²) in [5.74, 6) is 1.00. The minimum absolute atomic E-state index is 0.189. The minimum atomic E-state index is -0.567. The first kappa shape index (κ1) is 13.3. The number of ether oxygens (including phenoxy) is 1. The van der Waals surface area contributed by atoms with Crippen LogP contribution in [-0.4, -0.2) is 16.1 Å². The average molecular weight is 278 g/mol. The Labute approximate surface area is 115 Å². The number of halogens is 1. The second-order valence-electron chi connectivity index (χ2n) is 3.68. The fourth-order valence-electron chi connectivity index (χ4n) is 1.40. The molecule has 2 aromatic rings. The molecular formula is C13H12ClN3O2. The third kappa shape index (κ3) is 4.22. The van der Waals surface area contributed by atoms with Gasteiger partial charge < -0.3 is 4.74 Å². The van der Waals surface area contributed by atoms with Crippen molar-refractivity contribution in [1.29, 1.82) is 0 Å². The predicted molar refractivity (Wildman–Crippen MR) is 71.8 cm³/mol. The van der Waals surface area contributed by atoms with E-state index in [0.29, 0.717) is 11.6 Å². The monoisotopic (exact) mass is 277 g/mol. The maximum Gasteiger partial charge on any atom is 0.413 e. The first-order valence-electron chi connectivity index (χ1n) is 5.63. The number of nitrogens with one attached hydrogen (secondary N) is 1. The Bertz CT molecular complexity index is 549. The summed E-state index contributed by atoms with van der Waals surface area (Å²) in [6.45, 7) is 0.208. The molecule has 0 saturated heterocycles. The SMILES string of the molecule is O=C(Nc1ccnc(CCl)n1)OCc1ccccc1. The quantitative estimate of drug-likeness (QED) is 0.873. The maximum atomic E-state index is 11.6. The molecule has 1 amide bonds. The number of hydrogen-bond donors (Lipinski definition) is 1. The third-order valence-corrected chi connectivity index (χ3v) is 2.51. The fraction of sp³-hybridized carbons (Fsp3) is 0.154. The molecule has 1 aromatic carbocycles. The summed E-state index contributed by atoms with van der Waals surface area (Å²) in [7, 11) is 0. The van der Waals surface area contributed by atoms with Crippen molar-refractivity contribution < 1.29 is 9.53 Å². The van der Waals surface area contributed by atoms with E-state index in [-0.39, 0.29) is 12.5 Å². The molecule has 6 heteroatoms. The van der Waals surface area contributed by atoms with Crippen LogP contribution >= 0.6 is 11.6 Å². The molecule has 1 heterocycles. The first-order chi connectivity index (χ1) is 9.28. The number of carbonyl (C=O) groups excluding carboxylic acids is 1. The number of aromatic nitrogens is 2. The molecule has 0 aliphatic carbocycles. The van der Waals surface area contributed by atoms with Crippen LogP contribution in [-0.2, 0) is 17.2 Å². The zero-order valence-corrected chi connectivity index (χ0v) is 10.8. The van der Waals surface area contributed by atoms with E-state index < -0.39 is 6.09 Å². The lowest BCUT2D eigenvalue weighted by Crippen LogP contribution is -2.15. The van der Waals surface area contributed by atoms with Gasteiger partial charge in [0, 0.05) is 6.20 Å². The average Bonchev–Trinajstić information content (AvgIpc) is 2.46. The summed E-state index contributed by atoms with van der Waals surface area (Å²) in [6, 6.07) is 11.0. The van der Waals surface area contributed by atoms with E-state index >= 15 is 0 Å². The van der Waals surface area contributed by atoms with Crippen LogP contribution in [0.2, 0.25) is 0 Å². The van der Waals surface area contributed by atoms with Gasteiger partial charge in [0.05, 0.1) is 5.88 Å². The highest BCUT2D eigenvalue weighted by Crippen LogP contribution is 2.06. The van der Waals surface area contributed by atoms with Gasteiger partial charge in [0.25, 0.3) is 0 Å². The first-order valence-corrected chi connectivity index (χ1v) is 6.17. The van der Waals surface area contributed by atoms with Crippen LogP contribution in [0.15, 0.2) is 42.6 Å². The number of carbonyl (C=O) groups is 1. The largest absolute Gasteiger partial charge is 0.444 e. The Balaban J connectivity index is 1.87. The summed E-state index contributed by atoms with van der Waals surface area (Å²) in [5, 5.41) is 2.52. The van der Waals surface area contributed by atoms with Crippen molar-refractivity contribution in [2.24, 2.45) is 0 Å². The van der Waals surface area contributed by atoms with Crippen molar-refractivity contribution in [3.05, 3.63) is 54.0 Å². The molecule has 19 heavy (non-hydrogen) atoms. The Morgan fingerprint density at radius 3 is 2.79 bits per heavy atom. The lowest BCUT2D eigenvalue weighted by atomic mass is 10.2. The van der Waals surface area contributed by atoms with E-state index in [4.69, 9.17) is 16.3 Å². The smallest absolute Gasteiger partial charge is 0.413 e. The maximum absolute atomic E-state index is 11.6. The van der Waals surface area contributed by atoms with Crippen molar-refractivity contribution in [1.82, 2.24) is 9.97 Å². The number of anilines is 1. The highest BCUT2D eigenvalue weighted by atomic mass is 35.5. The van der Waals surface area contributed by atoms with Gasteiger partial charge in [-0.25, -0.2) is 14.8 Å². The van der Waals surface area contributed by atoms with E-state index in [1.165, 1.54) is 6.20 Å². The van der Waals surface area contributed by atoms with E-state index in [2.05, 4.69) is 15.3 Å².